The maximum Gasteiger partial charge on any atom is 0.490 e. The van der Waals surface area contributed by atoms with Crippen LogP contribution in [-0.2, 0) is 11.3 Å². The summed E-state index contributed by atoms with van der Waals surface area (Å²) >= 11 is 1.44. The summed E-state index contributed by atoms with van der Waals surface area (Å²) in [7, 11) is 0. The second-order valence-electron chi connectivity index (χ2n) is 5.70. The number of aliphatic imine (C=N–C) groups is 1. The minimum absolute atomic E-state index is 0.660. The number of nitrogens with zero attached hydrogens (tertiary/aromatic N) is 4. The van der Waals surface area contributed by atoms with E-state index in [1.54, 1.807) is 18.3 Å². The average molecular weight is 422 g/mol. The third-order valence-corrected chi connectivity index (χ3v) is 4.42. The summed E-state index contributed by atoms with van der Waals surface area (Å²) in [6.07, 6.45) is -1.53. The second kappa shape index (κ2) is 8.22. The number of aromatic nitrogens is 3. The van der Waals surface area contributed by atoms with Crippen molar-refractivity contribution >= 4 is 40.0 Å². The average Bonchev–Trinajstić information content (AvgIpc) is 3.30. The number of anilines is 3. The number of alkyl halides is 3. The van der Waals surface area contributed by atoms with E-state index in [1.165, 1.54) is 16.9 Å². The highest BCUT2D eigenvalue weighted by Crippen LogP contribution is 2.29. The van der Waals surface area contributed by atoms with Gasteiger partial charge in [-0.2, -0.15) is 13.2 Å². The third-order valence-electron chi connectivity index (χ3n) is 3.56. The molecule has 150 valence electrons. The number of nitrogens with one attached hydrogen (secondary N) is 1. The first-order valence-corrected chi connectivity index (χ1v) is 8.79. The normalized spacial score (nSPS) is 12.1. The zero-order valence-corrected chi connectivity index (χ0v) is 15.3. The summed E-state index contributed by atoms with van der Waals surface area (Å²) < 4.78 is 31.7. The predicted molar refractivity (Wildman–Crippen MR) is 102 cm³/mol. The van der Waals surface area contributed by atoms with Crippen LogP contribution in [0.1, 0.15) is 11.1 Å². The predicted octanol–water partition coefficient (Wildman–Crippen LogP) is 3.49. The van der Waals surface area contributed by atoms with E-state index >= 15 is 0 Å². The van der Waals surface area contributed by atoms with Crippen LogP contribution in [0.4, 0.5) is 29.7 Å². The molecule has 0 saturated heterocycles. The van der Waals surface area contributed by atoms with Gasteiger partial charge in [0.25, 0.3) is 0 Å². The number of nitrogen functional groups attached to an aromatic ring is 1. The molecule has 0 atom stereocenters. The minimum Gasteiger partial charge on any atom is -0.475 e. The van der Waals surface area contributed by atoms with Gasteiger partial charge in [0.05, 0.1) is 6.54 Å². The molecule has 0 fully saturated rings. The molecule has 0 aliphatic carbocycles. The number of rotatable bonds is 3. The smallest absolute Gasteiger partial charge is 0.475 e. The molecule has 1 aromatic carbocycles. The van der Waals surface area contributed by atoms with E-state index in [4.69, 9.17) is 15.6 Å². The summed E-state index contributed by atoms with van der Waals surface area (Å²) in [5.41, 5.74) is 10.5. The van der Waals surface area contributed by atoms with Gasteiger partial charge in [-0.05, 0) is 35.4 Å². The van der Waals surface area contributed by atoms with E-state index < -0.39 is 12.1 Å². The lowest BCUT2D eigenvalue weighted by Gasteiger charge is -2.03. The quantitative estimate of drug-likeness (QED) is 0.590. The fourth-order valence-electron chi connectivity index (χ4n) is 2.24. The zero-order chi connectivity index (χ0) is 21.0. The number of benzene rings is 1. The largest absolute Gasteiger partial charge is 0.490 e. The SMILES string of the molecule is Nc1ccnc(-c2nnc(Nc3ccc4c(c3)C=NC4)s2)c1.O=C(O)C(F)(F)F. The lowest BCUT2D eigenvalue weighted by molar-refractivity contribution is -0.192. The molecule has 0 unspecified atom stereocenters. The Hall–Kier alpha value is -3.54. The Kier molecular flexibility index (Phi) is 5.73. The number of carbonyl (C=O) groups is 1. The van der Waals surface area contributed by atoms with Crippen molar-refractivity contribution in [1.82, 2.24) is 15.2 Å². The van der Waals surface area contributed by atoms with Gasteiger partial charge in [0.15, 0.2) is 5.01 Å². The van der Waals surface area contributed by atoms with Crippen LogP contribution < -0.4 is 11.1 Å². The highest BCUT2D eigenvalue weighted by molar-refractivity contribution is 7.18. The zero-order valence-electron chi connectivity index (χ0n) is 14.5. The molecule has 3 heterocycles. The number of aliphatic carboxylic acids is 1. The fraction of sp³-hybridized carbons (Fsp3) is 0.118. The molecule has 0 saturated carbocycles. The van der Waals surface area contributed by atoms with Gasteiger partial charge < -0.3 is 16.2 Å². The van der Waals surface area contributed by atoms with Crippen LogP contribution in [0.2, 0.25) is 0 Å². The van der Waals surface area contributed by atoms with Crippen LogP contribution in [0.5, 0.6) is 0 Å². The maximum atomic E-state index is 10.6. The molecule has 4 rings (SSSR count). The van der Waals surface area contributed by atoms with E-state index in [9.17, 15) is 13.2 Å². The highest BCUT2D eigenvalue weighted by Gasteiger charge is 2.38. The third kappa shape index (κ3) is 5.25. The van der Waals surface area contributed by atoms with Gasteiger partial charge in [-0.15, -0.1) is 10.2 Å². The van der Waals surface area contributed by atoms with Crippen LogP contribution in [-0.4, -0.2) is 38.6 Å². The maximum absolute atomic E-state index is 10.6. The van der Waals surface area contributed by atoms with Gasteiger partial charge in [0.1, 0.15) is 5.69 Å². The van der Waals surface area contributed by atoms with Crippen molar-refractivity contribution in [3.05, 3.63) is 47.7 Å². The van der Waals surface area contributed by atoms with Crippen molar-refractivity contribution in [3.8, 4) is 10.7 Å². The lowest BCUT2D eigenvalue weighted by atomic mass is 10.1. The van der Waals surface area contributed by atoms with Crippen LogP contribution in [0.15, 0.2) is 41.5 Å². The van der Waals surface area contributed by atoms with E-state index in [2.05, 4.69) is 37.6 Å². The number of carboxylic acids is 1. The molecule has 0 bridgehead atoms. The van der Waals surface area contributed by atoms with Crippen LogP contribution in [0, 0.1) is 0 Å². The lowest BCUT2D eigenvalue weighted by Crippen LogP contribution is -2.21. The van der Waals surface area contributed by atoms with Crippen molar-refractivity contribution in [2.45, 2.75) is 12.7 Å². The molecule has 1 aliphatic rings. The van der Waals surface area contributed by atoms with Crippen molar-refractivity contribution in [2.24, 2.45) is 4.99 Å². The minimum atomic E-state index is -5.08. The monoisotopic (exact) mass is 422 g/mol. The van der Waals surface area contributed by atoms with E-state index in [-0.39, 0.29) is 0 Å². The van der Waals surface area contributed by atoms with Gasteiger partial charge in [-0.1, -0.05) is 17.4 Å². The number of carboxylic acid groups (broad SMARTS) is 1. The molecule has 0 amide bonds. The van der Waals surface area contributed by atoms with Crippen molar-refractivity contribution in [2.75, 3.05) is 11.1 Å². The first-order chi connectivity index (χ1) is 13.7. The standard InChI is InChI=1S/C15H12N6S.C2HF3O2/c16-11-3-4-18-13(6-11)14-20-21-15(22-14)19-12-2-1-9-7-17-8-10(9)5-12;3-2(4,5)1(6)7/h1-6,8H,7H2,(H2,16,18)(H,19,21);(H,6,7). The Morgan fingerprint density at radius 2 is 1.97 bits per heavy atom. The Morgan fingerprint density at radius 1 is 1.21 bits per heavy atom. The van der Waals surface area contributed by atoms with Crippen molar-refractivity contribution in [1.29, 1.82) is 0 Å². The van der Waals surface area contributed by atoms with Gasteiger partial charge in [0, 0.05) is 23.8 Å². The molecule has 8 nitrogen and oxygen atoms in total. The van der Waals surface area contributed by atoms with Gasteiger partial charge in [-0.25, -0.2) is 4.79 Å². The van der Waals surface area contributed by atoms with Gasteiger partial charge in [-0.3, -0.25) is 9.98 Å². The molecule has 0 radical (unpaired) electrons. The Balaban J connectivity index is 0.000000298. The van der Waals surface area contributed by atoms with E-state index in [0.29, 0.717) is 10.8 Å². The molecular formula is C17H13F3N6O2S. The molecule has 29 heavy (non-hydrogen) atoms. The molecule has 3 aromatic rings. The van der Waals surface area contributed by atoms with E-state index in [1.807, 2.05) is 12.3 Å². The summed E-state index contributed by atoms with van der Waals surface area (Å²) in [6.45, 7) is 0.764. The van der Waals surface area contributed by atoms with Crippen molar-refractivity contribution in [3.63, 3.8) is 0 Å². The number of pyridine rings is 1. The Bertz CT molecular complexity index is 1070. The molecule has 0 spiro atoms. The highest BCUT2D eigenvalue weighted by atomic mass is 32.1. The van der Waals surface area contributed by atoms with Crippen molar-refractivity contribution < 1.29 is 23.1 Å². The Labute approximate surface area is 166 Å². The molecule has 2 aromatic heterocycles. The number of nitrogens with two attached hydrogens (primary N) is 1. The summed E-state index contributed by atoms with van der Waals surface area (Å²) in [6, 6.07) is 9.69. The van der Waals surface area contributed by atoms with Gasteiger partial charge in [0.2, 0.25) is 5.13 Å². The molecule has 4 N–H and O–H groups in total. The molecule has 1 aliphatic heterocycles. The van der Waals surface area contributed by atoms with E-state index in [0.717, 1.165) is 28.5 Å². The Morgan fingerprint density at radius 3 is 2.66 bits per heavy atom. The molecule has 12 heteroatoms. The van der Waals surface area contributed by atoms with Crippen LogP contribution in [0.3, 0.4) is 0 Å². The van der Waals surface area contributed by atoms with Gasteiger partial charge >= 0.3 is 12.1 Å². The first-order valence-electron chi connectivity index (χ1n) is 7.97. The fourth-order valence-corrected chi connectivity index (χ4v) is 2.98. The number of halogens is 3. The van der Waals surface area contributed by atoms with Crippen LogP contribution >= 0.6 is 11.3 Å². The number of hydrogen-bond acceptors (Lipinski definition) is 8. The number of fused-ring (bicyclic) bond motifs is 1. The van der Waals surface area contributed by atoms with Crippen LogP contribution in [0.25, 0.3) is 10.7 Å². The first kappa shape index (κ1) is 20.2. The second-order valence-corrected chi connectivity index (χ2v) is 6.68. The molecular weight excluding hydrogens is 409 g/mol. The number of hydrogen-bond donors (Lipinski definition) is 3. The topological polar surface area (TPSA) is 126 Å². The summed E-state index contributed by atoms with van der Waals surface area (Å²) in [4.78, 5) is 17.4. The summed E-state index contributed by atoms with van der Waals surface area (Å²) in [5, 5.41) is 20.2. The summed E-state index contributed by atoms with van der Waals surface area (Å²) in [5.74, 6) is -2.76.